The lowest BCUT2D eigenvalue weighted by molar-refractivity contribution is -0.153. The number of carbonyl (C=O) groups is 1. The number of halogens is 6. The number of hydrogen-bond acceptors (Lipinski definition) is 4. The lowest BCUT2D eigenvalue weighted by Crippen LogP contribution is -2.62. The second-order valence-corrected chi connectivity index (χ2v) is 8.27. The van der Waals surface area contributed by atoms with Crippen LogP contribution < -0.4 is 5.56 Å². The molecule has 180 valence electrons. The highest BCUT2D eigenvalue weighted by Crippen LogP contribution is 2.30. The number of likely N-dealkylation sites (tertiary alicyclic amines) is 1. The van der Waals surface area contributed by atoms with Crippen LogP contribution in [0.3, 0.4) is 0 Å². The fourth-order valence-corrected chi connectivity index (χ4v) is 3.53. The molecule has 0 radical (unpaired) electrons. The minimum Gasteiger partial charge on any atom is -0.386 e. The third-order valence-electron chi connectivity index (χ3n) is 5.16. The summed E-state index contributed by atoms with van der Waals surface area (Å²) in [5.74, 6) is -0.591. The zero-order valence-electron chi connectivity index (χ0n) is 17.5. The number of alkyl halides is 6. The monoisotopic (exact) mass is 477 g/mol. The summed E-state index contributed by atoms with van der Waals surface area (Å²) in [6.07, 6.45) is -10.8. The van der Waals surface area contributed by atoms with Gasteiger partial charge in [-0.1, -0.05) is 12.1 Å². The third-order valence-corrected chi connectivity index (χ3v) is 5.16. The van der Waals surface area contributed by atoms with E-state index in [0.29, 0.717) is 0 Å². The average Bonchev–Trinajstić information content (AvgIpc) is 2.66. The van der Waals surface area contributed by atoms with Crippen molar-refractivity contribution in [2.45, 2.75) is 50.7 Å². The molecule has 0 unspecified atom stereocenters. The number of nitrogens with zero attached hydrogens (tertiary/aromatic N) is 3. The Kier molecular flexibility index (Phi) is 6.60. The number of aliphatic hydroxyl groups is 1. The van der Waals surface area contributed by atoms with Crippen molar-refractivity contribution in [2.75, 3.05) is 13.1 Å². The molecule has 1 saturated heterocycles. The Balaban J connectivity index is 1.90. The van der Waals surface area contributed by atoms with E-state index in [1.165, 1.54) is 11.8 Å². The summed E-state index contributed by atoms with van der Waals surface area (Å²) in [6, 6.07) is 4.87. The fourth-order valence-electron chi connectivity index (χ4n) is 3.53. The van der Waals surface area contributed by atoms with Crippen LogP contribution in [0.4, 0.5) is 26.3 Å². The maximum atomic E-state index is 12.8. The van der Waals surface area contributed by atoms with Gasteiger partial charge in [0.25, 0.3) is 5.56 Å². The number of aromatic nitrogens is 2. The first kappa shape index (κ1) is 24.7. The topological polar surface area (TPSA) is 75.4 Å². The Bertz CT molecular complexity index is 1070. The van der Waals surface area contributed by atoms with Crippen LogP contribution in [0.15, 0.2) is 35.1 Å². The van der Waals surface area contributed by atoms with Crippen molar-refractivity contribution in [3.8, 4) is 11.3 Å². The number of hydrogen-bond donors (Lipinski definition) is 1. The van der Waals surface area contributed by atoms with Crippen LogP contribution in [0, 0.1) is 0 Å². The summed E-state index contributed by atoms with van der Waals surface area (Å²) in [5.41, 5.74) is -2.50. The second-order valence-electron chi connectivity index (χ2n) is 8.27. The quantitative estimate of drug-likeness (QED) is 0.648. The molecule has 0 atom stereocenters. The molecule has 12 heteroatoms. The van der Waals surface area contributed by atoms with Gasteiger partial charge in [-0.25, -0.2) is 4.98 Å². The largest absolute Gasteiger partial charge is 0.416 e. The van der Waals surface area contributed by atoms with Crippen LogP contribution in [-0.2, 0) is 23.9 Å². The zero-order valence-corrected chi connectivity index (χ0v) is 17.5. The second kappa shape index (κ2) is 8.81. The van der Waals surface area contributed by atoms with E-state index in [4.69, 9.17) is 0 Å². The molecule has 1 aliphatic rings. The van der Waals surface area contributed by atoms with Crippen molar-refractivity contribution in [3.05, 3.63) is 52.1 Å². The molecule has 2 aromatic rings. The molecule has 0 bridgehead atoms. The lowest BCUT2D eigenvalue weighted by Gasteiger charge is -2.44. The summed E-state index contributed by atoms with van der Waals surface area (Å²) in [7, 11) is 0. The molecule has 6 nitrogen and oxygen atoms in total. The van der Waals surface area contributed by atoms with Crippen molar-refractivity contribution in [1.82, 2.24) is 14.5 Å². The normalized spacial score (nSPS) is 15.9. The molecule has 33 heavy (non-hydrogen) atoms. The van der Waals surface area contributed by atoms with E-state index in [0.717, 1.165) is 34.9 Å². The molecule has 0 saturated carbocycles. The van der Waals surface area contributed by atoms with Crippen molar-refractivity contribution in [2.24, 2.45) is 0 Å². The van der Waals surface area contributed by atoms with Crippen LogP contribution in [0.1, 0.15) is 31.2 Å². The van der Waals surface area contributed by atoms with E-state index in [1.54, 1.807) is 0 Å². The van der Waals surface area contributed by atoms with Crippen LogP contribution >= 0.6 is 0 Å². The maximum absolute atomic E-state index is 12.8. The molecule has 1 aromatic heterocycles. The predicted octanol–water partition coefficient (Wildman–Crippen LogP) is 3.41. The first-order valence-corrected chi connectivity index (χ1v) is 10.00. The van der Waals surface area contributed by atoms with E-state index < -0.39 is 47.9 Å². The molecule has 1 aromatic carbocycles. The number of benzene rings is 1. The summed E-state index contributed by atoms with van der Waals surface area (Å²) in [6.45, 7) is 1.17. The number of rotatable bonds is 6. The van der Waals surface area contributed by atoms with Crippen molar-refractivity contribution in [3.63, 3.8) is 0 Å². The molecule has 3 rings (SSSR count). The highest BCUT2D eigenvalue weighted by molar-refractivity contribution is 5.77. The SMILES string of the molecule is CC1(O)CN(C(=O)Cn2c(CCCC(F)(F)F)nc(-c3ccc(C(F)(F)F)cc3)cc2=O)C1. The Hall–Kier alpha value is -2.89. The highest BCUT2D eigenvalue weighted by Gasteiger charge is 2.39. The minimum atomic E-state index is -4.56. The van der Waals surface area contributed by atoms with Crippen molar-refractivity contribution >= 4 is 5.91 Å². The number of amides is 1. The standard InChI is InChI=1S/C21H21F6N3O3/c1-19(33)11-29(12-19)18(32)10-30-16(3-2-8-20(22,23)24)28-15(9-17(30)31)13-4-6-14(7-5-13)21(25,26)27/h4-7,9,33H,2-3,8,10-12H2,1H3. The Labute approximate surface area is 184 Å². The lowest BCUT2D eigenvalue weighted by atomic mass is 9.97. The summed E-state index contributed by atoms with van der Waals surface area (Å²) < 4.78 is 77.1. The van der Waals surface area contributed by atoms with Gasteiger partial charge in [-0.15, -0.1) is 0 Å². The van der Waals surface area contributed by atoms with E-state index in [9.17, 15) is 41.0 Å². The molecule has 1 amide bonds. The van der Waals surface area contributed by atoms with Gasteiger partial charge < -0.3 is 10.0 Å². The van der Waals surface area contributed by atoms with Gasteiger partial charge in [0, 0.05) is 24.5 Å². The molecular weight excluding hydrogens is 456 g/mol. The van der Waals surface area contributed by atoms with Crippen LogP contribution in [0.2, 0.25) is 0 Å². The molecule has 0 spiro atoms. The van der Waals surface area contributed by atoms with Gasteiger partial charge in [0.1, 0.15) is 12.4 Å². The van der Waals surface area contributed by atoms with Crippen LogP contribution in [-0.4, -0.2) is 50.3 Å². The van der Waals surface area contributed by atoms with Gasteiger partial charge in [0.15, 0.2) is 0 Å². The maximum Gasteiger partial charge on any atom is 0.416 e. The Morgan fingerprint density at radius 3 is 2.24 bits per heavy atom. The van der Waals surface area contributed by atoms with E-state index >= 15 is 0 Å². The Morgan fingerprint density at radius 1 is 1.12 bits per heavy atom. The number of β-amino-alcohol motifs (C(OH)–C–C–N with tert-alkyl or cyclic N) is 1. The van der Waals surface area contributed by atoms with Gasteiger partial charge in [0.2, 0.25) is 5.91 Å². The molecule has 2 heterocycles. The van der Waals surface area contributed by atoms with Crippen LogP contribution in [0.25, 0.3) is 11.3 Å². The highest BCUT2D eigenvalue weighted by atomic mass is 19.4. The molecule has 1 aliphatic heterocycles. The van der Waals surface area contributed by atoms with Gasteiger partial charge >= 0.3 is 12.4 Å². The molecule has 1 N–H and O–H groups in total. The van der Waals surface area contributed by atoms with Gasteiger partial charge in [-0.3, -0.25) is 14.2 Å². The van der Waals surface area contributed by atoms with Crippen molar-refractivity contribution < 1.29 is 36.2 Å². The summed E-state index contributed by atoms with van der Waals surface area (Å²) in [5, 5.41) is 9.78. The predicted molar refractivity (Wildman–Crippen MR) is 105 cm³/mol. The van der Waals surface area contributed by atoms with Gasteiger partial charge in [-0.05, 0) is 25.5 Å². The van der Waals surface area contributed by atoms with Crippen molar-refractivity contribution in [1.29, 1.82) is 0 Å². The first-order chi connectivity index (χ1) is 15.1. The summed E-state index contributed by atoms with van der Waals surface area (Å²) in [4.78, 5) is 30.7. The smallest absolute Gasteiger partial charge is 0.386 e. The first-order valence-electron chi connectivity index (χ1n) is 10.00. The van der Waals surface area contributed by atoms with E-state index in [2.05, 4.69) is 4.98 Å². The van der Waals surface area contributed by atoms with Gasteiger partial charge in [-0.2, -0.15) is 26.3 Å². The third kappa shape index (κ3) is 6.34. The number of carbonyl (C=O) groups excluding carboxylic acids is 1. The Morgan fingerprint density at radius 2 is 1.73 bits per heavy atom. The molecule has 0 aliphatic carbocycles. The fraction of sp³-hybridized carbons (Fsp3) is 0.476. The minimum absolute atomic E-state index is 0.00804. The zero-order chi connectivity index (χ0) is 24.6. The molecular formula is C21H21F6N3O3. The van der Waals surface area contributed by atoms with Crippen LogP contribution in [0.5, 0.6) is 0 Å². The average molecular weight is 477 g/mol. The van der Waals surface area contributed by atoms with E-state index in [-0.39, 0.29) is 43.0 Å². The summed E-state index contributed by atoms with van der Waals surface area (Å²) >= 11 is 0. The molecule has 1 fully saturated rings. The number of aryl methyl sites for hydroxylation is 1. The van der Waals surface area contributed by atoms with E-state index in [1.807, 2.05) is 0 Å². The van der Waals surface area contributed by atoms with Gasteiger partial charge in [0.05, 0.1) is 29.9 Å².